The molecular formula is C14H12FN5O2S2. The van der Waals surface area contributed by atoms with Crippen molar-refractivity contribution in [1.82, 2.24) is 20.0 Å². The Kier molecular flexibility index (Phi) is 4.76. The number of nitrogens with one attached hydrogen (secondary N) is 1. The molecule has 0 bridgehead atoms. The van der Waals surface area contributed by atoms with E-state index in [0.29, 0.717) is 16.6 Å². The van der Waals surface area contributed by atoms with Crippen LogP contribution in [0.1, 0.15) is 10.5 Å². The number of nitrogens with zero attached hydrogens (tertiary/aromatic N) is 4. The molecule has 0 unspecified atom stereocenters. The molecule has 0 atom stereocenters. The third kappa shape index (κ3) is 3.39. The summed E-state index contributed by atoms with van der Waals surface area (Å²) in [4.78, 5) is 12.4. The molecule has 24 heavy (non-hydrogen) atoms. The number of carbonyl (C=O) groups is 1. The minimum Gasteiger partial charge on any atom is -0.493 e. The van der Waals surface area contributed by atoms with Gasteiger partial charge in [-0.15, -0.1) is 10.2 Å². The van der Waals surface area contributed by atoms with E-state index in [1.807, 2.05) is 6.26 Å². The molecule has 2 heterocycles. The molecule has 0 spiro atoms. The van der Waals surface area contributed by atoms with E-state index in [-0.39, 0.29) is 11.5 Å². The normalized spacial score (nSPS) is 10.6. The zero-order chi connectivity index (χ0) is 17.1. The molecule has 7 nitrogen and oxygen atoms in total. The maximum atomic E-state index is 13.0. The molecule has 0 saturated heterocycles. The number of thioether (sulfide) groups is 1. The first kappa shape index (κ1) is 16.4. The van der Waals surface area contributed by atoms with Crippen molar-refractivity contribution < 1.29 is 13.9 Å². The first-order valence-corrected chi connectivity index (χ1v) is 8.73. The summed E-state index contributed by atoms with van der Waals surface area (Å²) >= 11 is 2.71. The van der Waals surface area contributed by atoms with Gasteiger partial charge in [-0.05, 0) is 30.5 Å². The minimum absolute atomic E-state index is 0.0997. The van der Waals surface area contributed by atoms with Crippen molar-refractivity contribution in [2.45, 2.75) is 4.34 Å². The van der Waals surface area contributed by atoms with Crippen LogP contribution in [-0.4, -0.2) is 39.3 Å². The average molecular weight is 365 g/mol. The highest BCUT2D eigenvalue weighted by Crippen LogP contribution is 2.25. The molecule has 0 fully saturated rings. The summed E-state index contributed by atoms with van der Waals surface area (Å²) in [5.41, 5.74) is 0.706. The van der Waals surface area contributed by atoms with Crippen LogP contribution in [0.25, 0.3) is 5.69 Å². The maximum absolute atomic E-state index is 13.0. The third-order valence-corrected chi connectivity index (χ3v) is 4.82. The van der Waals surface area contributed by atoms with Crippen molar-refractivity contribution >= 4 is 34.1 Å². The first-order chi connectivity index (χ1) is 11.6. The molecule has 1 aromatic carbocycles. The second kappa shape index (κ2) is 6.97. The molecule has 1 N–H and O–H groups in total. The van der Waals surface area contributed by atoms with Crippen LogP contribution in [0.5, 0.6) is 5.75 Å². The zero-order valence-corrected chi connectivity index (χ0v) is 14.3. The van der Waals surface area contributed by atoms with Crippen LogP contribution >= 0.6 is 23.1 Å². The lowest BCUT2D eigenvalue weighted by Gasteiger charge is -2.00. The van der Waals surface area contributed by atoms with Gasteiger partial charge in [0.15, 0.2) is 15.8 Å². The number of benzene rings is 1. The van der Waals surface area contributed by atoms with Crippen molar-refractivity contribution in [3.05, 3.63) is 42.0 Å². The second-order valence-corrected chi connectivity index (χ2v) is 6.53. The Hall–Kier alpha value is -2.46. The summed E-state index contributed by atoms with van der Waals surface area (Å²) in [6.45, 7) is 0. The molecule has 2 aromatic heterocycles. The monoisotopic (exact) mass is 365 g/mol. The van der Waals surface area contributed by atoms with Gasteiger partial charge in [-0.3, -0.25) is 10.1 Å². The van der Waals surface area contributed by atoms with Gasteiger partial charge in [0.05, 0.1) is 19.0 Å². The zero-order valence-electron chi connectivity index (χ0n) is 12.7. The van der Waals surface area contributed by atoms with Gasteiger partial charge in [0.1, 0.15) is 5.82 Å². The summed E-state index contributed by atoms with van der Waals surface area (Å²) in [5, 5.41) is 15.0. The highest BCUT2D eigenvalue weighted by Gasteiger charge is 2.20. The molecule has 3 rings (SSSR count). The molecule has 0 saturated carbocycles. The van der Waals surface area contributed by atoms with E-state index in [1.165, 1.54) is 47.0 Å². The van der Waals surface area contributed by atoms with Crippen LogP contribution in [0.4, 0.5) is 9.52 Å². The van der Waals surface area contributed by atoms with Crippen molar-refractivity contribution in [2.75, 3.05) is 18.7 Å². The molecule has 3 aromatic rings. The predicted molar refractivity (Wildman–Crippen MR) is 89.7 cm³/mol. The van der Waals surface area contributed by atoms with Gasteiger partial charge in [0, 0.05) is 0 Å². The van der Waals surface area contributed by atoms with Crippen molar-refractivity contribution in [2.24, 2.45) is 0 Å². The Labute approximate surface area is 144 Å². The molecule has 0 aliphatic carbocycles. The lowest BCUT2D eigenvalue weighted by atomic mass is 10.3. The van der Waals surface area contributed by atoms with E-state index in [4.69, 9.17) is 4.74 Å². The first-order valence-electron chi connectivity index (χ1n) is 6.69. The molecule has 10 heteroatoms. The lowest BCUT2D eigenvalue weighted by molar-refractivity contribution is 0.101. The summed E-state index contributed by atoms with van der Waals surface area (Å²) in [5.74, 6) is -0.514. The van der Waals surface area contributed by atoms with Crippen molar-refractivity contribution in [3.63, 3.8) is 0 Å². The maximum Gasteiger partial charge on any atom is 0.281 e. The van der Waals surface area contributed by atoms with Crippen LogP contribution in [0.2, 0.25) is 0 Å². The number of anilines is 1. The summed E-state index contributed by atoms with van der Waals surface area (Å²) < 4.78 is 20.4. The van der Waals surface area contributed by atoms with E-state index < -0.39 is 5.91 Å². The lowest BCUT2D eigenvalue weighted by Crippen LogP contribution is -2.14. The fraction of sp³-hybridized carbons (Fsp3) is 0.143. The van der Waals surface area contributed by atoms with Gasteiger partial charge in [-0.25, -0.2) is 9.07 Å². The second-order valence-electron chi connectivity index (χ2n) is 4.50. The van der Waals surface area contributed by atoms with Crippen molar-refractivity contribution in [1.29, 1.82) is 0 Å². The Morgan fingerprint density at radius 3 is 2.71 bits per heavy atom. The number of halogens is 1. The number of hydrogen-bond donors (Lipinski definition) is 1. The van der Waals surface area contributed by atoms with Gasteiger partial charge >= 0.3 is 0 Å². The Balaban J connectivity index is 1.86. The summed E-state index contributed by atoms with van der Waals surface area (Å²) in [6.07, 6.45) is 3.43. The van der Waals surface area contributed by atoms with Crippen LogP contribution in [0.15, 0.2) is 34.8 Å². The molecule has 124 valence electrons. The fourth-order valence-electron chi connectivity index (χ4n) is 1.89. The molecule has 1 amide bonds. The van der Waals surface area contributed by atoms with Crippen molar-refractivity contribution in [3.8, 4) is 11.4 Å². The number of methoxy groups -OCH3 is 1. The Morgan fingerprint density at radius 1 is 1.33 bits per heavy atom. The standard InChI is InChI=1S/C14H12FN5O2S2/c1-22-10-7-20(9-5-3-8(15)4-6-9)19-11(10)12(21)16-13-17-18-14(23-2)24-13/h3-7H,1-2H3,(H,16,17,21). The van der Waals surface area contributed by atoms with Crippen LogP contribution in [0.3, 0.4) is 0 Å². The van der Waals surface area contributed by atoms with Crippen LogP contribution < -0.4 is 10.1 Å². The topological polar surface area (TPSA) is 81.9 Å². The molecular weight excluding hydrogens is 353 g/mol. The van der Waals surface area contributed by atoms with Gasteiger partial charge in [0.25, 0.3) is 5.91 Å². The van der Waals surface area contributed by atoms with Gasteiger partial charge in [-0.2, -0.15) is 5.10 Å². The van der Waals surface area contributed by atoms with Gasteiger partial charge in [0.2, 0.25) is 5.13 Å². The Bertz CT molecular complexity index is 862. The van der Waals surface area contributed by atoms with Crippen LogP contribution in [0, 0.1) is 5.82 Å². The SMILES string of the molecule is COc1cn(-c2ccc(F)cc2)nc1C(=O)Nc1nnc(SC)s1. The largest absolute Gasteiger partial charge is 0.493 e. The minimum atomic E-state index is -0.462. The highest BCUT2D eigenvalue weighted by molar-refractivity contribution is 8.00. The molecule has 0 aliphatic rings. The van der Waals surface area contributed by atoms with E-state index in [0.717, 1.165) is 4.34 Å². The van der Waals surface area contributed by atoms with E-state index >= 15 is 0 Å². The smallest absolute Gasteiger partial charge is 0.281 e. The Morgan fingerprint density at radius 2 is 2.08 bits per heavy atom. The summed E-state index contributed by atoms with van der Waals surface area (Å²) in [7, 11) is 1.44. The number of ether oxygens (including phenoxy) is 1. The molecule has 0 radical (unpaired) electrons. The number of carbonyl (C=O) groups excluding carboxylic acids is 1. The quantitative estimate of drug-likeness (QED) is 0.553. The average Bonchev–Trinajstić information content (AvgIpc) is 3.22. The fourth-order valence-corrected chi connectivity index (χ4v) is 3.06. The number of aromatic nitrogens is 4. The number of amides is 1. The van der Waals surface area contributed by atoms with Gasteiger partial charge in [-0.1, -0.05) is 23.1 Å². The number of rotatable bonds is 5. The van der Waals surface area contributed by atoms with E-state index in [9.17, 15) is 9.18 Å². The van der Waals surface area contributed by atoms with Gasteiger partial charge < -0.3 is 4.74 Å². The highest BCUT2D eigenvalue weighted by atomic mass is 32.2. The third-order valence-electron chi connectivity index (χ3n) is 3.01. The summed E-state index contributed by atoms with van der Waals surface area (Å²) in [6, 6.07) is 5.74. The number of hydrogen-bond acceptors (Lipinski definition) is 7. The van der Waals surface area contributed by atoms with Crippen LogP contribution in [-0.2, 0) is 0 Å². The van der Waals surface area contributed by atoms with E-state index in [1.54, 1.807) is 18.3 Å². The van der Waals surface area contributed by atoms with E-state index in [2.05, 4.69) is 20.6 Å². The molecule has 0 aliphatic heterocycles. The predicted octanol–water partition coefficient (Wildman–Crippen LogP) is 2.85.